The van der Waals surface area contributed by atoms with Crippen LogP contribution in [-0.2, 0) is 6.54 Å². The molecular formula is C18H26N4. The van der Waals surface area contributed by atoms with Gasteiger partial charge in [-0.25, -0.2) is 4.98 Å². The van der Waals surface area contributed by atoms with Crippen LogP contribution in [-0.4, -0.2) is 40.1 Å². The first-order valence-corrected chi connectivity index (χ1v) is 8.41. The second kappa shape index (κ2) is 7.56. The van der Waals surface area contributed by atoms with E-state index in [0.717, 1.165) is 32.0 Å². The Bertz CT molecular complexity index is 555. The highest BCUT2D eigenvalue weighted by Crippen LogP contribution is 2.18. The molecule has 118 valence electrons. The third kappa shape index (κ3) is 3.57. The molecule has 0 radical (unpaired) electrons. The van der Waals surface area contributed by atoms with Gasteiger partial charge in [0, 0.05) is 24.1 Å². The first-order valence-electron chi connectivity index (χ1n) is 8.41. The highest BCUT2D eigenvalue weighted by Gasteiger charge is 2.20. The van der Waals surface area contributed by atoms with Crippen molar-refractivity contribution in [2.75, 3.05) is 19.6 Å². The minimum Gasteiger partial charge on any atom is -0.317 e. The summed E-state index contributed by atoms with van der Waals surface area (Å²) in [4.78, 5) is 7.18. The highest BCUT2D eigenvalue weighted by atomic mass is 15.2. The Balaban J connectivity index is 1.75. The van der Waals surface area contributed by atoms with Crippen LogP contribution in [0.5, 0.6) is 0 Å². The summed E-state index contributed by atoms with van der Waals surface area (Å²) in [6.07, 6.45) is 7.76. The summed E-state index contributed by atoms with van der Waals surface area (Å²) in [6.45, 7) is 6.55. The fourth-order valence-corrected chi connectivity index (χ4v) is 3.32. The van der Waals surface area contributed by atoms with Crippen molar-refractivity contribution < 1.29 is 0 Å². The number of rotatable bonds is 5. The molecule has 4 nitrogen and oxygen atoms in total. The average Bonchev–Trinajstić information content (AvgIpc) is 2.86. The lowest BCUT2D eigenvalue weighted by atomic mass is 10.1. The molecule has 0 bridgehead atoms. The molecule has 1 aromatic carbocycles. The van der Waals surface area contributed by atoms with Gasteiger partial charge in [0.2, 0.25) is 0 Å². The van der Waals surface area contributed by atoms with Crippen molar-refractivity contribution in [3.63, 3.8) is 0 Å². The van der Waals surface area contributed by atoms with E-state index < -0.39 is 0 Å². The monoisotopic (exact) mass is 298 g/mol. The summed E-state index contributed by atoms with van der Waals surface area (Å²) in [5.74, 6) is 1.13. The zero-order valence-corrected chi connectivity index (χ0v) is 13.4. The van der Waals surface area contributed by atoms with Crippen molar-refractivity contribution in [2.45, 2.75) is 38.8 Å². The Hall–Kier alpha value is -1.65. The smallest absolute Gasteiger partial charge is 0.127 e. The zero-order valence-electron chi connectivity index (χ0n) is 13.4. The van der Waals surface area contributed by atoms with Crippen LogP contribution in [0.4, 0.5) is 0 Å². The summed E-state index contributed by atoms with van der Waals surface area (Å²) in [5.41, 5.74) is 1.19. The number of hydrogen-bond donors (Lipinski definition) is 1. The number of benzene rings is 1. The molecule has 0 amide bonds. The molecule has 1 aliphatic heterocycles. The lowest BCUT2D eigenvalue weighted by Crippen LogP contribution is -2.36. The molecule has 22 heavy (non-hydrogen) atoms. The van der Waals surface area contributed by atoms with E-state index in [1.807, 2.05) is 6.20 Å². The maximum absolute atomic E-state index is 4.60. The molecular weight excluding hydrogens is 272 g/mol. The van der Waals surface area contributed by atoms with Gasteiger partial charge in [0.05, 0.1) is 6.54 Å². The van der Waals surface area contributed by atoms with Gasteiger partial charge in [-0.1, -0.05) is 25.1 Å². The normalized spacial score (nSPS) is 19.3. The van der Waals surface area contributed by atoms with Crippen LogP contribution in [0.2, 0.25) is 0 Å². The Labute approximate surface area is 133 Å². The summed E-state index contributed by atoms with van der Waals surface area (Å²) in [5, 5.41) is 3.50. The Kier molecular flexibility index (Phi) is 5.24. The van der Waals surface area contributed by atoms with Crippen molar-refractivity contribution in [1.29, 1.82) is 0 Å². The SMILES string of the molecule is CCN(Cc1nccn1-c1ccccc1)C1CCCNCC1. The zero-order chi connectivity index (χ0) is 15.2. The Morgan fingerprint density at radius 3 is 2.91 bits per heavy atom. The van der Waals surface area contributed by atoms with Crippen LogP contribution < -0.4 is 5.32 Å². The molecule has 2 aromatic rings. The molecule has 4 heteroatoms. The molecule has 1 aromatic heterocycles. The predicted molar refractivity (Wildman–Crippen MR) is 90.2 cm³/mol. The van der Waals surface area contributed by atoms with Gasteiger partial charge in [-0.05, 0) is 51.0 Å². The lowest BCUT2D eigenvalue weighted by Gasteiger charge is -2.29. The number of hydrogen-bond acceptors (Lipinski definition) is 3. The molecule has 0 aliphatic carbocycles. The van der Waals surface area contributed by atoms with Gasteiger partial charge >= 0.3 is 0 Å². The Morgan fingerprint density at radius 1 is 1.23 bits per heavy atom. The number of imidazole rings is 1. The molecule has 1 N–H and O–H groups in total. The van der Waals surface area contributed by atoms with E-state index in [4.69, 9.17) is 0 Å². The first kappa shape index (κ1) is 15.3. The molecule has 0 spiro atoms. The van der Waals surface area contributed by atoms with Crippen LogP contribution in [0.1, 0.15) is 32.0 Å². The third-order valence-electron chi connectivity index (χ3n) is 4.56. The van der Waals surface area contributed by atoms with Crippen molar-refractivity contribution in [3.8, 4) is 5.69 Å². The van der Waals surface area contributed by atoms with E-state index >= 15 is 0 Å². The highest BCUT2D eigenvalue weighted by molar-refractivity contribution is 5.32. The van der Waals surface area contributed by atoms with Gasteiger partial charge in [-0.15, -0.1) is 0 Å². The van der Waals surface area contributed by atoms with Crippen LogP contribution in [0, 0.1) is 0 Å². The van der Waals surface area contributed by atoms with E-state index in [0.29, 0.717) is 6.04 Å². The second-order valence-electron chi connectivity index (χ2n) is 5.95. The Morgan fingerprint density at radius 2 is 2.09 bits per heavy atom. The number of para-hydroxylation sites is 1. The van der Waals surface area contributed by atoms with E-state index in [2.05, 4.69) is 63.2 Å². The maximum atomic E-state index is 4.60. The van der Waals surface area contributed by atoms with Gasteiger partial charge in [0.25, 0.3) is 0 Å². The minimum absolute atomic E-state index is 0.668. The first-order chi connectivity index (χ1) is 10.9. The van der Waals surface area contributed by atoms with E-state index in [1.54, 1.807) is 0 Å². The number of aromatic nitrogens is 2. The fourth-order valence-electron chi connectivity index (χ4n) is 3.32. The van der Waals surface area contributed by atoms with Crippen LogP contribution in [0.3, 0.4) is 0 Å². The van der Waals surface area contributed by atoms with Gasteiger partial charge in [-0.3, -0.25) is 4.90 Å². The number of nitrogens with zero attached hydrogens (tertiary/aromatic N) is 3. The average molecular weight is 298 g/mol. The van der Waals surface area contributed by atoms with Crippen LogP contribution in [0.25, 0.3) is 5.69 Å². The molecule has 3 rings (SSSR count). The molecule has 1 saturated heterocycles. The molecule has 1 aliphatic rings. The van der Waals surface area contributed by atoms with Crippen LogP contribution >= 0.6 is 0 Å². The lowest BCUT2D eigenvalue weighted by molar-refractivity contribution is 0.177. The van der Waals surface area contributed by atoms with Crippen molar-refractivity contribution >= 4 is 0 Å². The van der Waals surface area contributed by atoms with E-state index in [9.17, 15) is 0 Å². The quantitative estimate of drug-likeness (QED) is 0.921. The van der Waals surface area contributed by atoms with Crippen molar-refractivity contribution in [1.82, 2.24) is 19.8 Å². The topological polar surface area (TPSA) is 33.1 Å². The van der Waals surface area contributed by atoms with Crippen LogP contribution in [0.15, 0.2) is 42.7 Å². The fraction of sp³-hybridized carbons (Fsp3) is 0.500. The summed E-state index contributed by atoms with van der Waals surface area (Å²) in [7, 11) is 0. The predicted octanol–water partition coefficient (Wildman–Crippen LogP) is 2.84. The summed E-state index contributed by atoms with van der Waals surface area (Å²) < 4.78 is 2.21. The van der Waals surface area contributed by atoms with Gasteiger partial charge in [0.1, 0.15) is 5.82 Å². The molecule has 0 saturated carbocycles. The van der Waals surface area contributed by atoms with Crippen molar-refractivity contribution in [2.24, 2.45) is 0 Å². The van der Waals surface area contributed by atoms with Gasteiger partial charge in [-0.2, -0.15) is 0 Å². The molecule has 1 unspecified atom stereocenters. The second-order valence-corrected chi connectivity index (χ2v) is 5.95. The maximum Gasteiger partial charge on any atom is 0.127 e. The van der Waals surface area contributed by atoms with Gasteiger partial charge in [0.15, 0.2) is 0 Å². The molecule has 1 fully saturated rings. The van der Waals surface area contributed by atoms with Crippen molar-refractivity contribution in [3.05, 3.63) is 48.5 Å². The largest absolute Gasteiger partial charge is 0.317 e. The number of nitrogens with one attached hydrogen (secondary N) is 1. The summed E-state index contributed by atoms with van der Waals surface area (Å²) >= 11 is 0. The van der Waals surface area contributed by atoms with E-state index in [-0.39, 0.29) is 0 Å². The summed E-state index contributed by atoms with van der Waals surface area (Å²) in [6, 6.07) is 11.1. The van der Waals surface area contributed by atoms with E-state index in [1.165, 1.54) is 24.9 Å². The standard InChI is InChI=1S/C18H26N4/c1-2-21(16-9-6-11-19-12-10-16)15-18-20-13-14-22(18)17-7-4-3-5-8-17/h3-5,7-8,13-14,16,19H,2,6,9-12,15H2,1H3. The minimum atomic E-state index is 0.668. The third-order valence-corrected chi connectivity index (χ3v) is 4.56. The molecule has 2 heterocycles. The van der Waals surface area contributed by atoms with Gasteiger partial charge < -0.3 is 9.88 Å². The molecule has 1 atom stereocenters.